The molecule has 0 radical (unpaired) electrons. The average molecular weight is 1180 g/mol. The van der Waals surface area contributed by atoms with Gasteiger partial charge in [-0.3, -0.25) is 0 Å². The lowest BCUT2D eigenvalue weighted by atomic mass is 9.94. The van der Waals surface area contributed by atoms with Crippen LogP contribution in [0.15, 0.2) is 187 Å². The average Bonchev–Trinajstić information content (AvgIpc) is 2.30. The molecule has 6 aromatic carbocycles. The largest absolute Gasteiger partial charge is 0.453 e. The third-order valence-corrected chi connectivity index (χ3v) is 21.0. The number of fused-ring (bicyclic) bond motifs is 2. The highest BCUT2D eigenvalue weighted by Gasteiger charge is 2.60. The predicted molar refractivity (Wildman–Crippen MR) is 313 cm³/mol. The zero-order chi connectivity index (χ0) is 58.9. The van der Waals surface area contributed by atoms with Gasteiger partial charge in [0.25, 0.3) is 0 Å². The molecule has 18 nitrogen and oxygen atoms in total. The van der Waals surface area contributed by atoms with E-state index in [1.165, 1.54) is 0 Å². The first-order valence-corrected chi connectivity index (χ1v) is 32.1. The number of carbonyl (C=O) groups is 1. The van der Waals surface area contributed by atoms with Gasteiger partial charge in [0.05, 0.1) is 44.7 Å². The Morgan fingerprint density at radius 2 is 0.953 bits per heavy atom. The molecule has 85 heavy (non-hydrogen) atoms. The molecule has 5 fully saturated rings. The van der Waals surface area contributed by atoms with E-state index >= 15 is 0 Å². The Bertz CT molecular complexity index is 3100. The molecule has 0 amide bonds. The number of rotatable bonds is 20. The minimum Gasteiger partial charge on any atom is -0.453 e. The number of esters is 1. The highest BCUT2D eigenvalue weighted by molar-refractivity contribution is 6.74. The molecule has 5 aliphatic heterocycles. The first kappa shape index (κ1) is 60.5. The minimum absolute atomic E-state index is 0.0249. The molecule has 5 aliphatic rings. The van der Waals surface area contributed by atoms with Crippen molar-refractivity contribution in [3.63, 3.8) is 0 Å². The van der Waals surface area contributed by atoms with E-state index in [0.717, 1.165) is 27.8 Å². The molecule has 17 atom stereocenters. The van der Waals surface area contributed by atoms with Crippen LogP contribution in [0, 0.1) is 0 Å². The molecule has 0 bridgehead atoms. The highest BCUT2D eigenvalue weighted by atomic mass is 28.4. The Kier molecular flexibility index (Phi) is 19.7. The number of azide groups is 1. The first-order chi connectivity index (χ1) is 41.3. The van der Waals surface area contributed by atoms with Gasteiger partial charge in [0, 0.05) is 16.0 Å². The summed E-state index contributed by atoms with van der Waals surface area (Å²) in [6.45, 7) is 13.0. The van der Waals surface area contributed by atoms with Crippen molar-refractivity contribution in [2.45, 2.75) is 170 Å². The molecule has 19 heteroatoms. The number of benzene rings is 6. The molecule has 448 valence electrons. The molecule has 6 aromatic rings. The van der Waals surface area contributed by atoms with Gasteiger partial charge in [-0.2, -0.15) is 0 Å². The molecule has 0 aromatic heterocycles. The molecule has 0 unspecified atom stereocenters. The van der Waals surface area contributed by atoms with E-state index in [4.69, 9.17) is 66.0 Å². The quantitative estimate of drug-likeness (QED) is 0.0230. The SMILES string of the molecule is C[C@@H]1O[C@@H](O[C@H]2[C@H](O[C@@H]3[C@@H](N=[N+]=[N-])[C@H](O[Si](C)(C)C(C)(C)C)O[C@@H]4CO[C@H](c5ccccc5)O[C@H]34)O[C@@H]3CO[C@H](c4ccccc4)O[C@@H]3[C@@H]2OC(=O)c2ccccc2)[C@@H](OCc2ccccc2)[C@H](OCc2ccccc2)[C@@H]1OCc1ccccc1. The number of nitrogens with zero attached hydrogens (tertiary/aromatic N) is 3. The summed E-state index contributed by atoms with van der Waals surface area (Å²) >= 11 is 0. The lowest BCUT2D eigenvalue weighted by Crippen LogP contribution is -2.69. The third kappa shape index (κ3) is 14.5. The van der Waals surface area contributed by atoms with Gasteiger partial charge in [0.15, 0.2) is 52.0 Å². The van der Waals surface area contributed by atoms with Gasteiger partial charge in [-0.1, -0.05) is 196 Å². The fourth-order valence-electron chi connectivity index (χ4n) is 11.0. The van der Waals surface area contributed by atoms with Crippen molar-refractivity contribution in [3.8, 4) is 0 Å². The van der Waals surface area contributed by atoms with Crippen molar-refractivity contribution >= 4 is 14.3 Å². The maximum absolute atomic E-state index is 14.8. The van der Waals surface area contributed by atoms with Crippen LogP contribution in [0.4, 0.5) is 0 Å². The van der Waals surface area contributed by atoms with E-state index in [1.807, 2.05) is 165 Å². The summed E-state index contributed by atoms with van der Waals surface area (Å²) in [5.41, 5.74) is 15.0. The normalized spacial score (nSPS) is 31.3. The summed E-state index contributed by atoms with van der Waals surface area (Å²) in [6.07, 6.45) is -16.6. The van der Waals surface area contributed by atoms with E-state index in [1.54, 1.807) is 24.3 Å². The van der Waals surface area contributed by atoms with E-state index in [-0.39, 0.29) is 43.6 Å². The summed E-state index contributed by atoms with van der Waals surface area (Å²) in [5, 5.41) is 4.13. The first-order valence-electron chi connectivity index (χ1n) is 29.2. The van der Waals surface area contributed by atoms with Crippen LogP contribution < -0.4 is 0 Å². The molecule has 5 heterocycles. The molecular weight excluding hydrogens is 1100 g/mol. The maximum Gasteiger partial charge on any atom is 0.338 e. The zero-order valence-electron chi connectivity index (χ0n) is 48.6. The molecule has 11 rings (SSSR count). The van der Waals surface area contributed by atoms with E-state index in [9.17, 15) is 10.3 Å². The lowest BCUT2D eigenvalue weighted by molar-refractivity contribution is -0.412. The summed E-state index contributed by atoms with van der Waals surface area (Å²) in [7, 11) is -2.69. The monoisotopic (exact) mass is 1180 g/mol. The highest BCUT2D eigenvalue weighted by Crippen LogP contribution is 2.45. The van der Waals surface area contributed by atoms with Gasteiger partial charge in [-0.15, -0.1) is 0 Å². The van der Waals surface area contributed by atoms with Gasteiger partial charge >= 0.3 is 5.97 Å². The van der Waals surface area contributed by atoms with Gasteiger partial charge in [-0.25, -0.2) is 4.79 Å². The minimum atomic E-state index is -2.69. The predicted octanol–water partition coefficient (Wildman–Crippen LogP) is 11.9. The van der Waals surface area contributed by atoms with Gasteiger partial charge < -0.3 is 66.0 Å². The van der Waals surface area contributed by atoms with Crippen molar-refractivity contribution in [1.82, 2.24) is 0 Å². The summed E-state index contributed by atoms with van der Waals surface area (Å²) in [6, 6.07) is 56.0. The van der Waals surface area contributed by atoms with Crippen molar-refractivity contribution < 1.29 is 70.8 Å². The second kappa shape index (κ2) is 27.7. The van der Waals surface area contributed by atoms with Crippen molar-refractivity contribution in [3.05, 3.63) is 226 Å². The summed E-state index contributed by atoms with van der Waals surface area (Å²) in [4.78, 5) is 18.2. The van der Waals surface area contributed by atoms with E-state index in [2.05, 4.69) is 43.9 Å². The van der Waals surface area contributed by atoms with Crippen LogP contribution in [-0.4, -0.2) is 120 Å². The molecule has 0 N–H and O–H groups in total. The fourth-order valence-corrected chi connectivity index (χ4v) is 12.1. The Morgan fingerprint density at radius 3 is 1.45 bits per heavy atom. The van der Waals surface area contributed by atoms with Crippen LogP contribution in [-0.2, 0) is 85.8 Å². The Morgan fingerprint density at radius 1 is 0.529 bits per heavy atom. The Balaban J connectivity index is 1.03. The fraction of sp³-hybridized carbons (Fsp3) is 0.439. The number of hydrogen-bond acceptors (Lipinski definition) is 16. The summed E-state index contributed by atoms with van der Waals surface area (Å²) in [5.74, 6) is -0.669. The standard InChI is InChI=1S/C66H75N3O15Si/c1-42-52(71-37-43-25-13-7-14-26-43)56(72-38-44-27-15-8-16-28-44)58(73-39-45-29-17-9-18-30-45)64(76-42)83-59-57(79-60(70)46-31-19-10-20-32-46)54-50(41-75-62(81-54)48-35-23-12-24-36-48)78-65(59)82-55-51(68-69-67)63(84-85(5,6)66(2,3)4)77-49-40-74-61(80-53(49)55)47-33-21-11-22-34-47/h7-36,42,49-59,61-65H,37-41H2,1-6H3/t42-,49+,50+,51+,52+,53-,54-,55+,56+,57-,58-,59+,61-,62-,63-,64-,65-/m0/s1. The second-order valence-corrected chi connectivity index (χ2v) is 28.2. The Labute approximate surface area is 497 Å². The molecule has 0 saturated carbocycles. The van der Waals surface area contributed by atoms with Crippen LogP contribution in [0.5, 0.6) is 0 Å². The van der Waals surface area contributed by atoms with Crippen molar-refractivity contribution in [1.29, 1.82) is 0 Å². The maximum atomic E-state index is 14.8. The van der Waals surface area contributed by atoms with Crippen LogP contribution in [0.25, 0.3) is 10.4 Å². The van der Waals surface area contributed by atoms with Crippen LogP contribution in [0.2, 0.25) is 18.1 Å². The van der Waals surface area contributed by atoms with Gasteiger partial charge in [-0.05, 0) is 59.4 Å². The van der Waals surface area contributed by atoms with E-state index in [0.29, 0.717) is 0 Å². The van der Waals surface area contributed by atoms with Gasteiger partial charge in [0.2, 0.25) is 0 Å². The third-order valence-electron chi connectivity index (χ3n) is 16.6. The number of hydrogen-bond donors (Lipinski definition) is 0. The topological polar surface area (TPSA) is 195 Å². The zero-order valence-corrected chi connectivity index (χ0v) is 49.6. The van der Waals surface area contributed by atoms with Crippen molar-refractivity contribution in [2.75, 3.05) is 13.2 Å². The van der Waals surface area contributed by atoms with Crippen molar-refractivity contribution in [2.24, 2.45) is 5.11 Å². The molecule has 5 saturated heterocycles. The number of carbonyl (C=O) groups excluding carboxylic acids is 1. The Hall–Kier alpha value is -6.20. The van der Waals surface area contributed by atoms with Crippen LogP contribution in [0.3, 0.4) is 0 Å². The molecule has 0 aliphatic carbocycles. The van der Waals surface area contributed by atoms with Gasteiger partial charge in [0.1, 0.15) is 54.9 Å². The number of ether oxygens (including phenoxy) is 13. The van der Waals surface area contributed by atoms with Crippen LogP contribution >= 0.6 is 0 Å². The smallest absolute Gasteiger partial charge is 0.338 e. The van der Waals surface area contributed by atoms with Crippen LogP contribution in [0.1, 0.15) is 78.5 Å². The lowest BCUT2D eigenvalue weighted by Gasteiger charge is -2.54. The summed E-state index contributed by atoms with van der Waals surface area (Å²) < 4.78 is 97.4. The molecular formula is C66H75N3O15Si. The second-order valence-electron chi connectivity index (χ2n) is 23.4. The van der Waals surface area contributed by atoms with E-state index < -0.39 is 119 Å². The molecule has 0 spiro atoms.